The Balaban J connectivity index is 2.04. The monoisotopic (exact) mass is 349 g/mol. The molecular weight excluding hydrogens is 328 g/mol. The summed E-state index contributed by atoms with van der Waals surface area (Å²) in [6.07, 6.45) is 0. The highest BCUT2D eigenvalue weighted by molar-refractivity contribution is 7.87. The van der Waals surface area contributed by atoms with Crippen molar-refractivity contribution in [2.75, 3.05) is 33.2 Å². The molecule has 0 spiro atoms. The molecule has 1 heterocycles. The molecule has 2 rings (SSSR count). The minimum Gasteiger partial charge on any atom is -0.435 e. The molecule has 1 unspecified atom stereocenters. The first-order valence-corrected chi connectivity index (χ1v) is 8.72. The van der Waals surface area contributed by atoms with Gasteiger partial charge in [-0.25, -0.2) is 0 Å². The zero-order chi connectivity index (χ0) is 17.0. The van der Waals surface area contributed by atoms with E-state index in [0.29, 0.717) is 31.7 Å². The molecule has 6 nitrogen and oxygen atoms in total. The van der Waals surface area contributed by atoms with Gasteiger partial charge in [0, 0.05) is 32.2 Å². The summed E-state index contributed by atoms with van der Waals surface area (Å²) in [6.45, 7) is 0.942. The normalized spacial score (nSPS) is 19.0. The molecule has 1 N–H and O–H groups in total. The average Bonchev–Trinajstić information content (AvgIpc) is 2.47. The molecule has 1 fully saturated rings. The maximum absolute atomic E-state index is 12.4. The van der Waals surface area contributed by atoms with E-state index in [1.165, 1.54) is 16.4 Å². The van der Waals surface area contributed by atoms with Gasteiger partial charge in [0.1, 0.15) is 5.75 Å². The number of nitrogens with zero attached hydrogens (tertiary/aromatic N) is 2. The van der Waals surface area contributed by atoms with Crippen LogP contribution >= 0.6 is 0 Å². The van der Waals surface area contributed by atoms with E-state index >= 15 is 0 Å². The molecule has 23 heavy (non-hydrogen) atoms. The second-order valence-electron chi connectivity index (χ2n) is 5.50. The van der Waals surface area contributed by atoms with Crippen LogP contribution < -0.4 is 9.46 Å². The summed E-state index contributed by atoms with van der Waals surface area (Å²) in [7, 11) is -1.68. The molecule has 0 aliphatic carbocycles. The molecule has 9 heteroatoms. The topological polar surface area (TPSA) is 61.9 Å². The van der Waals surface area contributed by atoms with Gasteiger partial charge in [-0.3, -0.25) is 0 Å². The van der Waals surface area contributed by atoms with Gasteiger partial charge in [0.15, 0.2) is 0 Å². The molecule has 0 amide bonds. The number of hydrogen-bond donors (Lipinski definition) is 1. The molecule has 1 aromatic rings. The van der Waals surface area contributed by atoms with Crippen molar-refractivity contribution in [3.8, 4) is 5.75 Å². The van der Waals surface area contributed by atoms with Crippen LogP contribution in [0.5, 0.6) is 5.75 Å². The Morgan fingerprint density at radius 1 is 1.22 bits per heavy atom. The Hall–Kier alpha value is -1.29. The van der Waals surface area contributed by atoms with E-state index in [9.17, 15) is 17.2 Å². The summed E-state index contributed by atoms with van der Waals surface area (Å²) in [6, 6.07) is 5.46. The van der Waals surface area contributed by atoms with Crippen molar-refractivity contribution in [1.29, 1.82) is 0 Å². The summed E-state index contributed by atoms with van der Waals surface area (Å²) in [5, 5.41) is 0. The summed E-state index contributed by atoms with van der Waals surface area (Å²) in [5.41, 5.74) is 0.556. The molecule has 1 aliphatic rings. The molecule has 1 saturated heterocycles. The summed E-state index contributed by atoms with van der Waals surface area (Å²) >= 11 is 0. The highest BCUT2D eigenvalue weighted by Crippen LogP contribution is 2.21. The summed E-state index contributed by atoms with van der Waals surface area (Å²) in [4.78, 5) is 2.06. The molecule has 1 aliphatic heterocycles. The van der Waals surface area contributed by atoms with Gasteiger partial charge in [-0.15, -0.1) is 0 Å². The van der Waals surface area contributed by atoms with Crippen LogP contribution in [0.15, 0.2) is 24.3 Å². The van der Waals surface area contributed by atoms with Gasteiger partial charge in [0.25, 0.3) is 10.2 Å². The van der Waals surface area contributed by atoms with Crippen molar-refractivity contribution in [1.82, 2.24) is 13.9 Å². The minimum absolute atomic E-state index is 0.00291. The fourth-order valence-corrected chi connectivity index (χ4v) is 3.73. The van der Waals surface area contributed by atoms with Crippen LogP contribution in [0.1, 0.15) is 18.5 Å². The molecule has 0 bridgehead atoms. The van der Waals surface area contributed by atoms with Crippen LogP contribution in [-0.2, 0) is 10.2 Å². The molecule has 1 atom stereocenters. The van der Waals surface area contributed by atoms with Gasteiger partial charge < -0.3 is 9.64 Å². The third-order valence-electron chi connectivity index (χ3n) is 3.71. The Morgan fingerprint density at radius 2 is 1.87 bits per heavy atom. The number of halogens is 2. The Kier molecular flexibility index (Phi) is 5.90. The molecule has 0 aromatic heterocycles. The number of hydrogen-bond acceptors (Lipinski definition) is 4. The number of benzene rings is 1. The Labute approximate surface area is 135 Å². The van der Waals surface area contributed by atoms with Gasteiger partial charge >= 0.3 is 6.61 Å². The standard InChI is InChI=1S/C14H21F2N3O3S/c1-11(12-4-3-5-13(10-12)22-14(15)16)17-23(20,21)19-8-6-18(2)7-9-19/h3-5,10-11,14,17H,6-9H2,1-2H3. The van der Waals surface area contributed by atoms with Crippen molar-refractivity contribution < 1.29 is 21.9 Å². The van der Waals surface area contributed by atoms with Crippen molar-refractivity contribution in [2.45, 2.75) is 19.6 Å². The van der Waals surface area contributed by atoms with Crippen molar-refractivity contribution in [2.24, 2.45) is 0 Å². The second-order valence-corrected chi connectivity index (χ2v) is 7.20. The van der Waals surface area contributed by atoms with E-state index < -0.39 is 22.9 Å². The van der Waals surface area contributed by atoms with Crippen LogP contribution in [0.3, 0.4) is 0 Å². The van der Waals surface area contributed by atoms with Crippen LogP contribution in [0, 0.1) is 0 Å². The van der Waals surface area contributed by atoms with Crippen LogP contribution in [-0.4, -0.2) is 57.5 Å². The lowest BCUT2D eigenvalue weighted by molar-refractivity contribution is -0.0499. The van der Waals surface area contributed by atoms with E-state index in [2.05, 4.69) is 14.4 Å². The van der Waals surface area contributed by atoms with Gasteiger partial charge in [0.2, 0.25) is 0 Å². The maximum atomic E-state index is 12.4. The average molecular weight is 349 g/mol. The first-order valence-electron chi connectivity index (χ1n) is 7.28. The SMILES string of the molecule is CC(NS(=O)(=O)N1CCN(C)CC1)c1cccc(OC(F)F)c1. The minimum atomic E-state index is -3.62. The number of nitrogens with one attached hydrogen (secondary N) is 1. The van der Waals surface area contributed by atoms with Gasteiger partial charge in [-0.1, -0.05) is 12.1 Å². The van der Waals surface area contributed by atoms with E-state index in [1.807, 2.05) is 7.05 Å². The van der Waals surface area contributed by atoms with Gasteiger partial charge in [-0.2, -0.15) is 26.2 Å². The van der Waals surface area contributed by atoms with E-state index in [4.69, 9.17) is 0 Å². The van der Waals surface area contributed by atoms with E-state index in [1.54, 1.807) is 19.1 Å². The smallest absolute Gasteiger partial charge is 0.387 e. The Bertz CT molecular complexity index is 619. The van der Waals surface area contributed by atoms with Crippen molar-refractivity contribution in [3.05, 3.63) is 29.8 Å². The lowest BCUT2D eigenvalue weighted by atomic mass is 10.1. The fourth-order valence-electron chi connectivity index (χ4n) is 2.35. The van der Waals surface area contributed by atoms with Crippen molar-refractivity contribution in [3.63, 3.8) is 0 Å². The molecule has 0 saturated carbocycles. The molecule has 1 aromatic carbocycles. The number of ether oxygens (including phenoxy) is 1. The highest BCUT2D eigenvalue weighted by atomic mass is 32.2. The van der Waals surface area contributed by atoms with Gasteiger partial charge in [0.05, 0.1) is 0 Å². The summed E-state index contributed by atoms with van der Waals surface area (Å²) < 4.78 is 57.6. The first kappa shape index (κ1) is 18.1. The largest absolute Gasteiger partial charge is 0.435 e. The highest BCUT2D eigenvalue weighted by Gasteiger charge is 2.27. The maximum Gasteiger partial charge on any atom is 0.387 e. The number of rotatable bonds is 6. The van der Waals surface area contributed by atoms with Crippen LogP contribution in [0.4, 0.5) is 8.78 Å². The zero-order valence-electron chi connectivity index (χ0n) is 13.1. The van der Waals surface area contributed by atoms with Crippen LogP contribution in [0.2, 0.25) is 0 Å². The quantitative estimate of drug-likeness (QED) is 0.844. The second kappa shape index (κ2) is 7.52. The predicted molar refractivity (Wildman–Crippen MR) is 82.6 cm³/mol. The number of piperazine rings is 1. The third-order valence-corrected chi connectivity index (χ3v) is 5.41. The number of likely N-dealkylation sites (N-methyl/N-ethyl adjacent to an activating group) is 1. The van der Waals surface area contributed by atoms with Gasteiger partial charge in [-0.05, 0) is 31.7 Å². The van der Waals surface area contributed by atoms with Crippen LogP contribution in [0.25, 0.3) is 0 Å². The molecular formula is C14H21F2N3O3S. The summed E-state index contributed by atoms with van der Waals surface area (Å²) in [5.74, 6) is 0.00291. The fraction of sp³-hybridized carbons (Fsp3) is 0.571. The zero-order valence-corrected chi connectivity index (χ0v) is 13.9. The third kappa shape index (κ3) is 5.10. The molecule has 0 radical (unpaired) electrons. The predicted octanol–water partition coefficient (Wildman–Crippen LogP) is 1.43. The lowest BCUT2D eigenvalue weighted by Crippen LogP contribution is -2.51. The lowest BCUT2D eigenvalue weighted by Gasteiger charge is -2.32. The molecule has 130 valence electrons. The van der Waals surface area contributed by atoms with Crippen molar-refractivity contribution >= 4 is 10.2 Å². The van der Waals surface area contributed by atoms with E-state index in [-0.39, 0.29) is 5.75 Å². The number of alkyl halides is 2. The first-order chi connectivity index (χ1) is 10.8. The Morgan fingerprint density at radius 3 is 2.48 bits per heavy atom. The van der Waals surface area contributed by atoms with E-state index in [0.717, 1.165) is 0 Å².